The molecule has 1 amide bonds. The molecule has 152 valence electrons. The minimum absolute atomic E-state index is 0.0580. The van der Waals surface area contributed by atoms with Gasteiger partial charge in [0.1, 0.15) is 5.82 Å². The van der Waals surface area contributed by atoms with Gasteiger partial charge in [0, 0.05) is 0 Å². The summed E-state index contributed by atoms with van der Waals surface area (Å²) < 4.78 is 24.4. The highest BCUT2D eigenvalue weighted by Gasteiger charge is 2.24. The molecule has 0 aromatic heterocycles. The topological polar surface area (TPSA) is 59.9 Å². The molecule has 1 aliphatic rings. The van der Waals surface area contributed by atoms with Gasteiger partial charge >= 0.3 is 0 Å². The highest BCUT2D eigenvalue weighted by molar-refractivity contribution is 8.18. The number of ether oxygens (including phenoxy) is 2. The van der Waals surface area contributed by atoms with Crippen LogP contribution in [0.1, 0.15) is 26.3 Å². The van der Waals surface area contributed by atoms with Crippen molar-refractivity contribution < 1.29 is 18.7 Å². The number of halogens is 2. The van der Waals surface area contributed by atoms with E-state index in [2.05, 4.69) is 10.3 Å². The first kappa shape index (κ1) is 21.2. The number of hydrogen-bond acceptors (Lipinski definition) is 5. The van der Waals surface area contributed by atoms with Crippen LogP contribution in [-0.4, -0.2) is 23.8 Å². The van der Waals surface area contributed by atoms with Gasteiger partial charge in [0.05, 0.1) is 28.3 Å². The Bertz CT molecular complexity index is 975. The molecule has 0 atom stereocenters. The van der Waals surface area contributed by atoms with Crippen LogP contribution < -0.4 is 14.8 Å². The van der Waals surface area contributed by atoms with Crippen molar-refractivity contribution in [1.82, 2.24) is 5.32 Å². The van der Waals surface area contributed by atoms with Gasteiger partial charge in [0.15, 0.2) is 16.7 Å². The summed E-state index contributed by atoms with van der Waals surface area (Å²) in [4.78, 5) is 17.1. The van der Waals surface area contributed by atoms with E-state index >= 15 is 0 Å². The molecule has 0 saturated carbocycles. The van der Waals surface area contributed by atoms with Gasteiger partial charge in [-0.05, 0) is 80.6 Å². The van der Waals surface area contributed by atoms with Gasteiger partial charge in [0.2, 0.25) is 0 Å². The van der Waals surface area contributed by atoms with Crippen LogP contribution in [0.2, 0.25) is 5.02 Å². The van der Waals surface area contributed by atoms with Crippen molar-refractivity contribution in [3.63, 3.8) is 0 Å². The van der Waals surface area contributed by atoms with Crippen molar-refractivity contribution in [3.05, 3.63) is 57.7 Å². The smallest absolute Gasteiger partial charge is 0.264 e. The molecule has 0 aliphatic carbocycles. The van der Waals surface area contributed by atoms with Crippen LogP contribution in [0.5, 0.6) is 11.5 Å². The Hall–Kier alpha value is -2.51. The number of nitrogens with zero attached hydrogens (tertiary/aromatic N) is 1. The van der Waals surface area contributed by atoms with Crippen molar-refractivity contribution in [2.24, 2.45) is 4.99 Å². The Balaban J connectivity index is 1.87. The van der Waals surface area contributed by atoms with Crippen molar-refractivity contribution >= 4 is 46.2 Å². The van der Waals surface area contributed by atoms with Gasteiger partial charge in [-0.3, -0.25) is 4.79 Å². The largest absolute Gasteiger partial charge is 0.490 e. The molecule has 29 heavy (non-hydrogen) atoms. The van der Waals surface area contributed by atoms with Crippen LogP contribution in [0.25, 0.3) is 6.08 Å². The molecule has 3 rings (SSSR count). The number of carbonyl (C=O) groups is 1. The molecule has 8 heteroatoms. The average Bonchev–Trinajstić information content (AvgIpc) is 2.99. The molecule has 0 spiro atoms. The van der Waals surface area contributed by atoms with Gasteiger partial charge in [-0.15, -0.1) is 0 Å². The van der Waals surface area contributed by atoms with E-state index in [0.29, 0.717) is 44.5 Å². The SMILES string of the molecule is CCOc1cc(/C=C2/SC(=Nc3ccc(F)cc3)NC2=O)cc(Cl)c1OC(C)C. The van der Waals surface area contributed by atoms with Gasteiger partial charge < -0.3 is 14.8 Å². The molecule has 0 radical (unpaired) electrons. The highest BCUT2D eigenvalue weighted by atomic mass is 35.5. The van der Waals surface area contributed by atoms with E-state index in [-0.39, 0.29) is 17.8 Å². The molecule has 5 nitrogen and oxygen atoms in total. The third kappa shape index (κ3) is 5.52. The predicted molar refractivity (Wildman–Crippen MR) is 116 cm³/mol. The van der Waals surface area contributed by atoms with Crippen molar-refractivity contribution in [3.8, 4) is 11.5 Å². The number of amidine groups is 1. The summed E-state index contributed by atoms with van der Waals surface area (Å²) in [6.07, 6.45) is 1.65. The summed E-state index contributed by atoms with van der Waals surface area (Å²) in [6, 6.07) is 9.21. The van der Waals surface area contributed by atoms with Gasteiger partial charge in [-0.2, -0.15) is 0 Å². The fourth-order valence-corrected chi connectivity index (χ4v) is 3.65. The zero-order chi connectivity index (χ0) is 21.0. The molecule has 2 aromatic rings. The lowest BCUT2D eigenvalue weighted by Gasteiger charge is -2.16. The van der Waals surface area contributed by atoms with E-state index < -0.39 is 0 Å². The van der Waals surface area contributed by atoms with Crippen LogP contribution in [0.4, 0.5) is 10.1 Å². The van der Waals surface area contributed by atoms with E-state index in [1.807, 2.05) is 20.8 Å². The molecule has 0 bridgehead atoms. The lowest BCUT2D eigenvalue weighted by atomic mass is 10.1. The number of hydrogen-bond donors (Lipinski definition) is 1. The number of thioether (sulfide) groups is 1. The average molecular weight is 435 g/mol. The second-order valence-corrected chi connectivity index (χ2v) is 7.83. The van der Waals surface area contributed by atoms with E-state index in [0.717, 1.165) is 0 Å². The monoisotopic (exact) mass is 434 g/mol. The summed E-state index contributed by atoms with van der Waals surface area (Å²) >= 11 is 7.58. The zero-order valence-corrected chi connectivity index (χ0v) is 17.7. The first-order valence-electron chi connectivity index (χ1n) is 9.04. The number of benzene rings is 2. The molecule has 1 fully saturated rings. The van der Waals surface area contributed by atoms with Crippen LogP contribution in [-0.2, 0) is 4.79 Å². The number of amides is 1. The molecule has 1 aliphatic heterocycles. The lowest BCUT2D eigenvalue weighted by Crippen LogP contribution is -2.19. The first-order valence-corrected chi connectivity index (χ1v) is 10.2. The maximum Gasteiger partial charge on any atom is 0.264 e. The van der Waals surface area contributed by atoms with Crippen molar-refractivity contribution in [2.75, 3.05) is 6.61 Å². The molecule has 2 aromatic carbocycles. The van der Waals surface area contributed by atoms with Crippen LogP contribution in [0.15, 0.2) is 46.3 Å². The third-order valence-electron chi connectivity index (χ3n) is 3.69. The molecule has 0 unspecified atom stereocenters. The van der Waals surface area contributed by atoms with Crippen LogP contribution >= 0.6 is 23.4 Å². The maximum absolute atomic E-state index is 13.0. The fourth-order valence-electron chi connectivity index (χ4n) is 2.55. The number of carbonyl (C=O) groups excluding carboxylic acids is 1. The molecule has 1 saturated heterocycles. The second kappa shape index (κ2) is 9.33. The van der Waals surface area contributed by atoms with Gasteiger partial charge in [-0.1, -0.05) is 11.6 Å². The highest BCUT2D eigenvalue weighted by Crippen LogP contribution is 2.39. The first-order chi connectivity index (χ1) is 13.9. The zero-order valence-electron chi connectivity index (χ0n) is 16.2. The number of aliphatic imine (C=N–C) groups is 1. The third-order valence-corrected chi connectivity index (χ3v) is 4.88. The summed E-state index contributed by atoms with van der Waals surface area (Å²) in [5.74, 6) is 0.383. The Kier molecular flexibility index (Phi) is 6.82. The summed E-state index contributed by atoms with van der Waals surface area (Å²) in [5.41, 5.74) is 1.25. The van der Waals surface area contributed by atoms with Gasteiger partial charge in [0.25, 0.3) is 5.91 Å². The van der Waals surface area contributed by atoms with Crippen molar-refractivity contribution in [2.45, 2.75) is 26.9 Å². The lowest BCUT2D eigenvalue weighted by molar-refractivity contribution is -0.115. The summed E-state index contributed by atoms with van der Waals surface area (Å²) in [5, 5.41) is 3.53. The molecule has 1 heterocycles. The maximum atomic E-state index is 13.0. The van der Waals surface area contributed by atoms with E-state index in [4.69, 9.17) is 21.1 Å². The van der Waals surface area contributed by atoms with Crippen molar-refractivity contribution in [1.29, 1.82) is 0 Å². The standard InChI is InChI=1S/C21H20ClFN2O3S/c1-4-27-17-10-13(9-16(22)19(17)28-12(2)3)11-18-20(26)25-21(29-18)24-15-7-5-14(23)6-8-15/h5-12H,4H2,1-3H3,(H,24,25,26)/b18-11+. The van der Waals surface area contributed by atoms with E-state index in [1.54, 1.807) is 30.3 Å². The van der Waals surface area contributed by atoms with Crippen LogP contribution in [0, 0.1) is 5.82 Å². The Morgan fingerprint density at radius 2 is 2.00 bits per heavy atom. The Morgan fingerprint density at radius 1 is 1.28 bits per heavy atom. The minimum atomic E-state index is -0.343. The van der Waals surface area contributed by atoms with Crippen LogP contribution in [0.3, 0.4) is 0 Å². The number of rotatable bonds is 6. The van der Waals surface area contributed by atoms with E-state index in [9.17, 15) is 9.18 Å². The summed E-state index contributed by atoms with van der Waals surface area (Å²) in [6.45, 7) is 6.14. The minimum Gasteiger partial charge on any atom is -0.490 e. The Labute approximate surface area is 178 Å². The second-order valence-electron chi connectivity index (χ2n) is 6.39. The van der Waals surface area contributed by atoms with E-state index in [1.165, 1.54) is 23.9 Å². The number of nitrogens with one attached hydrogen (secondary N) is 1. The molecular weight excluding hydrogens is 415 g/mol. The molecular formula is C21H20ClFN2O3S. The predicted octanol–water partition coefficient (Wildman–Crippen LogP) is 5.56. The Morgan fingerprint density at radius 3 is 2.66 bits per heavy atom. The van der Waals surface area contributed by atoms with Gasteiger partial charge in [-0.25, -0.2) is 9.38 Å². The normalized spacial score (nSPS) is 16.6. The summed E-state index contributed by atoms with van der Waals surface area (Å²) in [7, 11) is 0. The fraction of sp³-hybridized carbons (Fsp3) is 0.238. The molecule has 1 N–H and O–H groups in total. The quantitative estimate of drug-likeness (QED) is 0.605.